The summed E-state index contributed by atoms with van der Waals surface area (Å²) in [5.41, 5.74) is 7.99. The lowest BCUT2D eigenvalue weighted by Gasteiger charge is -2.20. The van der Waals surface area contributed by atoms with E-state index in [-0.39, 0.29) is 24.9 Å². The highest BCUT2D eigenvalue weighted by molar-refractivity contribution is 5.94. The predicted molar refractivity (Wildman–Crippen MR) is 109 cm³/mol. The second-order valence-corrected chi connectivity index (χ2v) is 7.48. The van der Waals surface area contributed by atoms with Gasteiger partial charge < -0.3 is 15.7 Å². The minimum absolute atomic E-state index is 0. The van der Waals surface area contributed by atoms with Crippen LogP contribution in [0.3, 0.4) is 0 Å². The number of anilines is 1. The van der Waals surface area contributed by atoms with Crippen molar-refractivity contribution in [3.05, 3.63) is 29.8 Å². The van der Waals surface area contributed by atoms with Gasteiger partial charge in [0, 0.05) is 37.8 Å². The zero-order valence-electron chi connectivity index (χ0n) is 15.7. The second kappa shape index (κ2) is 9.95. The van der Waals surface area contributed by atoms with E-state index in [1.807, 2.05) is 34.1 Å². The first kappa shape index (κ1) is 21.5. The molecule has 2 fully saturated rings. The molecular weight excluding hydrogens is 366 g/mol. The minimum atomic E-state index is -0.794. The Labute approximate surface area is 167 Å². The van der Waals surface area contributed by atoms with Crippen LogP contribution in [0.4, 0.5) is 10.5 Å². The van der Waals surface area contributed by atoms with Gasteiger partial charge >= 0.3 is 12.0 Å². The zero-order chi connectivity index (χ0) is 18.5. The third-order valence-electron chi connectivity index (χ3n) is 5.69. The van der Waals surface area contributed by atoms with Crippen molar-refractivity contribution in [3.63, 3.8) is 0 Å². The van der Waals surface area contributed by atoms with Gasteiger partial charge in [0.05, 0.1) is 0 Å². The molecule has 1 aliphatic heterocycles. The van der Waals surface area contributed by atoms with Crippen LogP contribution < -0.4 is 10.6 Å². The Balaban J connectivity index is 0.00000261. The maximum atomic E-state index is 12.6. The number of carboxylic acid groups (broad SMARTS) is 1. The van der Waals surface area contributed by atoms with Gasteiger partial charge in [0.15, 0.2) is 0 Å². The van der Waals surface area contributed by atoms with Gasteiger partial charge in [-0.1, -0.05) is 18.6 Å². The van der Waals surface area contributed by atoms with Crippen molar-refractivity contribution in [1.29, 1.82) is 0 Å². The molecule has 1 heterocycles. The van der Waals surface area contributed by atoms with Crippen LogP contribution >= 0.6 is 12.4 Å². The van der Waals surface area contributed by atoms with E-state index in [4.69, 9.17) is 10.8 Å². The molecule has 1 saturated carbocycles. The maximum absolute atomic E-state index is 12.6. The molecule has 0 radical (unpaired) electrons. The van der Waals surface area contributed by atoms with Crippen molar-refractivity contribution in [2.24, 2.45) is 11.7 Å². The van der Waals surface area contributed by atoms with Crippen molar-refractivity contribution in [2.75, 3.05) is 24.5 Å². The van der Waals surface area contributed by atoms with E-state index in [1.54, 1.807) is 0 Å². The van der Waals surface area contributed by atoms with Gasteiger partial charge in [-0.25, -0.2) is 4.79 Å². The molecule has 0 spiro atoms. The van der Waals surface area contributed by atoms with Gasteiger partial charge in [-0.2, -0.15) is 0 Å². The average molecular weight is 396 g/mol. The topological polar surface area (TPSA) is 86.9 Å². The molecule has 1 aromatic carbocycles. The normalized spacial score (nSPS) is 22.2. The molecule has 2 amide bonds. The number of aliphatic carboxylic acids is 1. The number of hydrogen-bond acceptors (Lipinski definition) is 3. The smallest absolute Gasteiger partial charge is 0.324 e. The van der Waals surface area contributed by atoms with Crippen LogP contribution in [0.25, 0.3) is 0 Å². The Morgan fingerprint density at radius 1 is 1.19 bits per heavy atom. The summed E-state index contributed by atoms with van der Waals surface area (Å²) in [6, 6.07) is 8.07. The molecule has 2 aliphatic rings. The summed E-state index contributed by atoms with van der Waals surface area (Å²) < 4.78 is 0. The number of rotatable bonds is 8. The van der Waals surface area contributed by atoms with Crippen LogP contribution in [-0.2, 0) is 11.2 Å². The summed E-state index contributed by atoms with van der Waals surface area (Å²) in [6.07, 6.45) is 6.39. The van der Waals surface area contributed by atoms with Gasteiger partial charge in [-0.05, 0) is 55.7 Å². The fraction of sp³-hybridized carbons (Fsp3) is 0.600. The molecule has 1 aliphatic carbocycles. The number of hydrogen-bond donors (Lipinski definition) is 2. The second-order valence-electron chi connectivity index (χ2n) is 7.48. The van der Waals surface area contributed by atoms with Crippen LogP contribution in [0.15, 0.2) is 24.3 Å². The van der Waals surface area contributed by atoms with E-state index in [0.717, 1.165) is 43.6 Å². The third-order valence-corrected chi connectivity index (χ3v) is 5.69. The Morgan fingerprint density at radius 2 is 1.93 bits per heavy atom. The standard InChI is InChI=1S/C20H29N3O3.ClH/c21-18-5-1-3-16(18)4-2-12-22-13-14-23(20(22)26)17-9-6-15(7-10-17)8-11-19(24)25;/h6-7,9-10,16,18H,1-5,8,11-14,21H2,(H,24,25);1H/t16-,18-;/m1./s1. The Hall–Kier alpha value is -1.79. The SMILES string of the molecule is Cl.N[C@@H]1CCC[C@@H]1CCCN1CCN(c2ccc(CCC(=O)O)cc2)C1=O. The van der Waals surface area contributed by atoms with Gasteiger partial charge in [-0.15, -0.1) is 12.4 Å². The molecule has 2 atom stereocenters. The van der Waals surface area contributed by atoms with Gasteiger partial charge in [-0.3, -0.25) is 9.69 Å². The number of benzene rings is 1. The van der Waals surface area contributed by atoms with E-state index in [2.05, 4.69) is 0 Å². The molecular formula is C20H30ClN3O3. The molecule has 1 aromatic rings. The first-order valence-electron chi connectivity index (χ1n) is 9.67. The van der Waals surface area contributed by atoms with Crippen LogP contribution in [0.5, 0.6) is 0 Å². The molecule has 0 aromatic heterocycles. The highest BCUT2D eigenvalue weighted by Gasteiger charge is 2.30. The zero-order valence-corrected chi connectivity index (χ0v) is 16.5. The van der Waals surface area contributed by atoms with Crippen LogP contribution in [-0.4, -0.2) is 47.7 Å². The fourth-order valence-corrected chi connectivity index (χ4v) is 4.09. The maximum Gasteiger partial charge on any atom is 0.324 e. The molecule has 27 heavy (non-hydrogen) atoms. The Bertz CT molecular complexity index is 638. The molecule has 150 valence electrons. The number of urea groups is 1. The number of amides is 2. The summed E-state index contributed by atoms with van der Waals surface area (Å²) in [7, 11) is 0. The third kappa shape index (κ3) is 5.59. The summed E-state index contributed by atoms with van der Waals surface area (Å²) in [6.45, 7) is 2.27. The number of halogens is 1. The molecule has 0 unspecified atom stereocenters. The van der Waals surface area contributed by atoms with Crippen LogP contribution in [0, 0.1) is 5.92 Å². The number of carbonyl (C=O) groups excluding carboxylic acids is 1. The lowest BCUT2D eigenvalue weighted by Crippen LogP contribution is -2.33. The van der Waals surface area contributed by atoms with Crippen LogP contribution in [0.2, 0.25) is 0 Å². The van der Waals surface area contributed by atoms with Crippen molar-refractivity contribution >= 4 is 30.1 Å². The minimum Gasteiger partial charge on any atom is -0.481 e. The molecule has 7 heteroatoms. The lowest BCUT2D eigenvalue weighted by atomic mass is 9.98. The highest BCUT2D eigenvalue weighted by Crippen LogP contribution is 2.28. The predicted octanol–water partition coefficient (Wildman–Crippen LogP) is 3.28. The van der Waals surface area contributed by atoms with Gasteiger partial charge in [0.1, 0.15) is 0 Å². The highest BCUT2D eigenvalue weighted by atomic mass is 35.5. The summed E-state index contributed by atoms with van der Waals surface area (Å²) in [5.74, 6) is -0.167. The van der Waals surface area contributed by atoms with Gasteiger partial charge in [0.25, 0.3) is 0 Å². The van der Waals surface area contributed by atoms with Crippen molar-refractivity contribution in [3.8, 4) is 0 Å². The number of nitrogens with two attached hydrogens (primary N) is 1. The van der Waals surface area contributed by atoms with E-state index >= 15 is 0 Å². The van der Waals surface area contributed by atoms with E-state index in [0.29, 0.717) is 24.9 Å². The monoisotopic (exact) mass is 395 g/mol. The van der Waals surface area contributed by atoms with Crippen LogP contribution in [0.1, 0.15) is 44.1 Å². The van der Waals surface area contributed by atoms with E-state index in [9.17, 15) is 9.59 Å². The number of carbonyl (C=O) groups is 2. The molecule has 3 rings (SSSR count). The lowest BCUT2D eigenvalue weighted by molar-refractivity contribution is -0.136. The molecule has 6 nitrogen and oxygen atoms in total. The molecule has 3 N–H and O–H groups in total. The summed E-state index contributed by atoms with van der Waals surface area (Å²) in [5, 5.41) is 8.76. The van der Waals surface area contributed by atoms with Crippen molar-refractivity contribution in [1.82, 2.24) is 4.90 Å². The summed E-state index contributed by atoms with van der Waals surface area (Å²) in [4.78, 5) is 27.0. The number of aryl methyl sites for hydroxylation is 1. The van der Waals surface area contributed by atoms with Gasteiger partial charge in [0.2, 0.25) is 0 Å². The largest absolute Gasteiger partial charge is 0.481 e. The fourth-order valence-electron chi connectivity index (χ4n) is 4.09. The van der Waals surface area contributed by atoms with Crippen molar-refractivity contribution in [2.45, 2.75) is 51.0 Å². The molecule has 0 bridgehead atoms. The average Bonchev–Trinajstić information content (AvgIpc) is 3.20. The Kier molecular flexibility index (Phi) is 7.92. The molecule has 1 saturated heterocycles. The summed E-state index contributed by atoms with van der Waals surface area (Å²) >= 11 is 0. The van der Waals surface area contributed by atoms with E-state index in [1.165, 1.54) is 12.8 Å². The number of nitrogens with zero attached hydrogens (tertiary/aromatic N) is 2. The quantitative estimate of drug-likeness (QED) is 0.707. The van der Waals surface area contributed by atoms with E-state index < -0.39 is 5.97 Å². The first-order valence-corrected chi connectivity index (χ1v) is 9.67. The first-order chi connectivity index (χ1) is 12.5. The van der Waals surface area contributed by atoms with Crippen molar-refractivity contribution < 1.29 is 14.7 Å². The number of carboxylic acids is 1. The Morgan fingerprint density at radius 3 is 2.56 bits per heavy atom.